The Bertz CT molecular complexity index is 2030. The van der Waals surface area contributed by atoms with Crippen LogP contribution in [0.3, 0.4) is 0 Å². The van der Waals surface area contributed by atoms with Crippen molar-refractivity contribution in [3.05, 3.63) is 24.3 Å². The summed E-state index contributed by atoms with van der Waals surface area (Å²) >= 11 is 0. The van der Waals surface area contributed by atoms with Gasteiger partial charge in [-0.05, 0) is 38.5 Å². The van der Waals surface area contributed by atoms with Gasteiger partial charge in [-0.25, -0.2) is 16.8 Å². The summed E-state index contributed by atoms with van der Waals surface area (Å²) in [6, 6.07) is 5.33. The maximum Gasteiger partial charge on any atom is 2.00 e. The molecule has 12 nitrogen and oxygen atoms in total. The first-order valence-corrected chi connectivity index (χ1v) is 44.7. The maximum atomic E-state index is 12.1. The van der Waals surface area contributed by atoms with E-state index >= 15 is 0 Å². The quantitative estimate of drug-likeness (QED) is 0.0349. The molecule has 0 aliphatic carbocycles. The molecule has 0 radical (unpaired) electrons. The number of rotatable bonds is 74. The molecule has 2 aromatic rings. The van der Waals surface area contributed by atoms with Gasteiger partial charge in [-0.3, -0.25) is 0 Å². The fraction of sp³-hybridized carbons (Fsp3) is 0.857. The van der Waals surface area contributed by atoms with Crippen molar-refractivity contribution in [1.29, 1.82) is 0 Å². The number of unbranched alkanes of at least 4 members (excludes halogenated alkanes) is 54. The molecule has 0 saturated heterocycles. The summed E-state index contributed by atoms with van der Waals surface area (Å²) < 4.78 is 110. The minimum Gasteiger partial charge on any atom is -0.744 e. The van der Waals surface area contributed by atoms with E-state index in [1.54, 1.807) is 0 Å². The maximum absolute atomic E-state index is 12.1. The molecule has 15 heteroatoms. The molecule has 99 heavy (non-hydrogen) atoms. The van der Waals surface area contributed by atoms with Crippen molar-refractivity contribution in [1.82, 2.24) is 0 Å². The van der Waals surface area contributed by atoms with Gasteiger partial charge in [-0.15, -0.1) is 0 Å². The number of ether oxygens (including phenoxy) is 6. The fourth-order valence-electron chi connectivity index (χ4n) is 12.7. The van der Waals surface area contributed by atoms with Crippen molar-refractivity contribution in [2.45, 2.75) is 437 Å². The van der Waals surface area contributed by atoms with E-state index in [-0.39, 0.29) is 58.7 Å². The van der Waals surface area contributed by atoms with Gasteiger partial charge in [0.1, 0.15) is 20.2 Å². The average molecular weight is 1560 g/mol. The van der Waals surface area contributed by atoms with Gasteiger partial charge in [0.25, 0.3) is 0 Å². The Morgan fingerprint density at radius 3 is 0.465 bits per heavy atom. The Hall–Kier alpha value is -1.37. The summed E-state index contributed by atoms with van der Waals surface area (Å²) in [6.45, 7) is 16.3. The molecule has 0 aliphatic rings. The predicted molar refractivity (Wildman–Crippen MR) is 419 cm³/mol. The third-order valence-corrected chi connectivity index (χ3v) is 20.7. The van der Waals surface area contributed by atoms with Gasteiger partial charge in [0.05, 0.1) is 49.4 Å². The molecule has 0 heterocycles. The van der Waals surface area contributed by atoms with Gasteiger partial charge in [-0.1, -0.05) is 388 Å². The molecule has 2 aromatic carbocycles. The molecule has 0 aromatic heterocycles. The minimum absolute atomic E-state index is 0. The van der Waals surface area contributed by atoms with Gasteiger partial charge in [-0.2, -0.15) is 0 Å². The van der Waals surface area contributed by atoms with Crippen molar-refractivity contribution in [2.75, 3.05) is 39.6 Å². The summed E-state index contributed by atoms with van der Waals surface area (Å²) in [7, 11) is -9.37. The van der Waals surface area contributed by atoms with E-state index in [4.69, 9.17) is 28.4 Å². The van der Waals surface area contributed by atoms with Crippen LogP contribution >= 0.6 is 0 Å². The SMILES string of the molecule is CCCCCCCCCCCCOc1cc(S(=O)(=O)[O-])cc(OCCCCCCCCCCCC)c1OCCCCCCCCCCCC.CCCCCCCCCCCCOc1cc(S(=O)(=O)[O-])cc(OCCCCCCCCCCCC)c1OCCCCCCCCCCCC.[Ba+2]. The molecule has 0 N–H and O–H groups in total. The van der Waals surface area contributed by atoms with E-state index in [0.29, 0.717) is 74.1 Å². The predicted octanol–water partition coefficient (Wildman–Crippen LogP) is 26.6. The summed E-state index contributed by atoms with van der Waals surface area (Å²) in [4.78, 5) is -0.648. The summed E-state index contributed by atoms with van der Waals surface area (Å²) in [5, 5.41) is 0. The van der Waals surface area contributed by atoms with E-state index in [1.807, 2.05) is 0 Å². The van der Waals surface area contributed by atoms with Gasteiger partial charge < -0.3 is 37.5 Å². The average Bonchev–Trinajstić information content (AvgIpc) is 0.814. The van der Waals surface area contributed by atoms with Gasteiger partial charge >= 0.3 is 48.9 Å². The first-order valence-electron chi connectivity index (χ1n) is 41.9. The number of benzene rings is 2. The van der Waals surface area contributed by atoms with Crippen LogP contribution in [-0.2, 0) is 20.2 Å². The Labute approximate surface area is 652 Å². The van der Waals surface area contributed by atoms with Crippen LogP contribution in [0, 0.1) is 0 Å². The molecule has 0 fully saturated rings. The van der Waals surface area contributed by atoms with Crippen LogP contribution in [-0.4, -0.2) is 114 Å². The largest absolute Gasteiger partial charge is 2.00 e. The second kappa shape index (κ2) is 72.2. The van der Waals surface area contributed by atoms with E-state index < -0.39 is 20.2 Å². The molecule has 0 unspecified atom stereocenters. The van der Waals surface area contributed by atoms with Crippen molar-refractivity contribution >= 4 is 69.1 Å². The smallest absolute Gasteiger partial charge is 0.744 e. The Morgan fingerprint density at radius 2 is 0.333 bits per heavy atom. The third-order valence-electron chi connectivity index (χ3n) is 19.1. The van der Waals surface area contributed by atoms with Crippen molar-refractivity contribution in [3.63, 3.8) is 0 Å². The molecule has 0 atom stereocenters. The zero-order valence-electron chi connectivity index (χ0n) is 65.4. The first-order chi connectivity index (χ1) is 47.9. The number of hydrogen-bond acceptors (Lipinski definition) is 12. The number of hydrogen-bond donors (Lipinski definition) is 0. The van der Waals surface area contributed by atoms with E-state index in [1.165, 1.54) is 332 Å². The molecule has 0 amide bonds. The van der Waals surface area contributed by atoms with Crippen LogP contribution in [0.2, 0.25) is 0 Å². The van der Waals surface area contributed by atoms with Crippen molar-refractivity contribution in [3.8, 4) is 34.5 Å². The topological polar surface area (TPSA) is 170 Å². The third kappa shape index (κ3) is 59.5. The van der Waals surface area contributed by atoms with Crippen LogP contribution < -0.4 is 28.4 Å². The fourth-order valence-corrected chi connectivity index (χ4v) is 13.7. The molecule has 0 aliphatic heterocycles. The van der Waals surface area contributed by atoms with Crippen molar-refractivity contribution in [2.24, 2.45) is 0 Å². The van der Waals surface area contributed by atoms with Crippen LogP contribution in [0.4, 0.5) is 0 Å². The molecule has 576 valence electrons. The standard InChI is InChI=1S/2C42H78O6S.Ba/c2*1-4-7-10-13-16-19-22-25-28-31-34-46-40-37-39(49(43,44)45)38-41(47-35-32-29-26-23-20-17-14-11-8-5-2)42(40)48-36-33-30-27-24-21-18-15-12-9-6-3;/h2*37-38H,4-36H2,1-3H3,(H,43,44,45);/q;;+2/p-2. The van der Waals surface area contributed by atoms with E-state index in [2.05, 4.69) is 41.5 Å². The zero-order chi connectivity index (χ0) is 71.4. The van der Waals surface area contributed by atoms with Gasteiger partial charge in [0, 0.05) is 24.3 Å². The summed E-state index contributed by atoms with van der Waals surface area (Å²) in [5.74, 6) is 2.08. The van der Waals surface area contributed by atoms with Gasteiger partial charge in [0.2, 0.25) is 11.5 Å². The van der Waals surface area contributed by atoms with Crippen LogP contribution in [0.5, 0.6) is 34.5 Å². The minimum atomic E-state index is -4.68. The molecular formula is C84H154BaO12S2. The van der Waals surface area contributed by atoms with Crippen LogP contribution in [0.1, 0.15) is 427 Å². The second-order valence-electron chi connectivity index (χ2n) is 28.6. The second-order valence-corrected chi connectivity index (χ2v) is 31.3. The first kappa shape index (κ1) is 97.6. The van der Waals surface area contributed by atoms with Crippen LogP contribution in [0.15, 0.2) is 34.1 Å². The van der Waals surface area contributed by atoms with Gasteiger partial charge in [0.15, 0.2) is 23.0 Å². The summed E-state index contributed by atoms with van der Waals surface area (Å²) in [6.07, 6.45) is 73.7. The molecule has 2 rings (SSSR count). The molecule has 0 bridgehead atoms. The Morgan fingerprint density at radius 1 is 0.212 bits per heavy atom. The Kier molecular flexibility index (Phi) is 71.2. The van der Waals surface area contributed by atoms with Crippen LogP contribution in [0.25, 0.3) is 0 Å². The molecule has 0 spiro atoms. The normalized spacial score (nSPS) is 11.6. The Balaban J connectivity index is 0.00000192. The van der Waals surface area contributed by atoms with E-state index in [9.17, 15) is 25.9 Å². The monoisotopic (exact) mass is 1560 g/mol. The summed E-state index contributed by atoms with van der Waals surface area (Å²) in [5.41, 5.74) is 0. The zero-order valence-corrected chi connectivity index (χ0v) is 71.5. The molecule has 0 saturated carbocycles. The van der Waals surface area contributed by atoms with E-state index in [0.717, 1.165) is 77.0 Å². The molecular weight excluding hydrogens is 1400 g/mol. The van der Waals surface area contributed by atoms with Crippen molar-refractivity contribution < 1.29 is 54.4 Å².